The van der Waals surface area contributed by atoms with Gasteiger partial charge in [0.15, 0.2) is 17.3 Å². The van der Waals surface area contributed by atoms with Gasteiger partial charge in [-0.2, -0.15) is 0 Å². The number of hydrogen-bond donors (Lipinski definition) is 1. The van der Waals surface area contributed by atoms with Gasteiger partial charge < -0.3 is 14.7 Å². The number of rotatable bonds is 5. The van der Waals surface area contributed by atoms with Crippen molar-refractivity contribution in [1.82, 2.24) is 10.1 Å². The molecule has 6 nitrogen and oxygen atoms in total. The Morgan fingerprint density at radius 2 is 2.09 bits per heavy atom. The average Bonchev–Trinajstić information content (AvgIpc) is 3.50. The summed E-state index contributed by atoms with van der Waals surface area (Å²) < 4.78 is 32.5. The molecule has 0 bridgehead atoms. The van der Waals surface area contributed by atoms with Crippen LogP contribution in [-0.2, 0) is 13.0 Å². The molecule has 2 aromatic carbocycles. The summed E-state index contributed by atoms with van der Waals surface area (Å²) in [6.07, 6.45) is 1.87. The summed E-state index contributed by atoms with van der Waals surface area (Å²) in [6.45, 7) is 4.71. The van der Waals surface area contributed by atoms with Crippen molar-refractivity contribution in [2.45, 2.75) is 32.4 Å². The van der Waals surface area contributed by atoms with Crippen LogP contribution in [0.15, 0.2) is 47.0 Å². The van der Waals surface area contributed by atoms with E-state index in [0.717, 1.165) is 44.2 Å². The topological polar surface area (TPSA) is 61.6 Å². The van der Waals surface area contributed by atoms with Crippen molar-refractivity contribution in [3.63, 3.8) is 0 Å². The number of halogens is 2. The minimum Gasteiger partial charge on any atom is -0.367 e. The largest absolute Gasteiger partial charge is 0.367 e. The lowest BCUT2D eigenvalue weighted by Gasteiger charge is -2.27. The Kier molecular flexibility index (Phi) is 5.38. The predicted octanol–water partition coefficient (Wildman–Crippen LogP) is 4.15. The summed E-state index contributed by atoms with van der Waals surface area (Å²) in [5.41, 5.74) is 3.74. The minimum atomic E-state index is -0.798. The van der Waals surface area contributed by atoms with E-state index in [1.54, 1.807) is 25.1 Å². The van der Waals surface area contributed by atoms with Gasteiger partial charge in [0, 0.05) is 55.2 Å². The lowest BCUT2D eigenvalue weighted by atomic mass is 10.1. The second kappa shape index (κ2) is 8.35. The summed E-state index contributed by atoms with van der Waals surface area (Å²) in [5, 5.41) is 6.63. The number of aryl methyl sites for hydroxylation is 1. The normalized spacial score (nSPS) is 18.2. The number of nitrogens with one attached hydrogen (secondary N) is 1. The molecule has 166 valence electrons. The van der Waals surface area contributed by atoms with Gasteiger partial charge >= 0.3 is 0 Å². The first-order valence-electron chi connectivity index (χ1n) is 10.8. The monoisotopic (exact) mass is 438 g/mol. The number of likely N-dealkylation sites (tertiary alicyclic amines) is 1. The molecule has 0 saturated carbocycles. The molecule has 0 aliphatic carbocycles. The molecule has 1 saturated heterocycles. The zero-order valence-electron chi connectivity index (χ0n) is 17.8. The highest BCUT2D eigenvalue weighted by Crippen LogP contribution is 2.34. The van der Waals surface area contributed by atoms with E-state index in [0.29, 0.717) is 23.9 Å². The molecule has 0 radical (unpaired) electrons. The molecule has 1 N–H and O–H groups in total. The Morgan fingerprint density at radius 3 is 2.91 bits per heavy atom. The highest BCUT2D eigenvalue weighted by atomic mass is 19.2. The van der Waals surface area contributed by atoms with E-state index in [1.807, 2.05) is 18.2 Å². The highest BCUT2D eigenvalue weighted by molar-refractivity contribution is 6.03. The Morgan fingerprint density at radius 1 is 1.22 bits per heavy atom. The van der Waals surface area contributed by atoms with Crippen LogP contribution in [0.3, 0.4) is 0 Å². The second-order valence-corrected chi connectivity index (χ2v) is 8.45. The predicted molar refractivity (Wildman–Crippen MR) is 117 cm³/mol. The highest BCUT2D eigenvalue weighted by Gasteiger charge is 2.32. The lowest BCUT2D eigenvalue weighted by molar-refractivity contribution is 0.101. The van der Waals surface area contributed by atoms with E-state index in [1.165, 1.54) is 11.3 Å². The number of hydrogen-bond acceptors (Lipinski definition) is 5. The minimum absolute atomic E-state index is 0.255. The third-order valence-electron chi connectivity index (χ3n) is 6.24. The van der Waals surface area contributed by atoms with Gasteiger partial charge in [-0.05, 0) is 49.6 Å². The van der Waals surface area contributed by atoms with Crippen LogP contribution in [-0.4, -0.2) is 41.6 Å². The Bertz CT molecular complexity index is 1160. The fraction of sp³-hybridized carbons (Fsp3) is 0.333. The van der Waals surface area contributed by atoms with Crippen LogP contribution in [0.25, 0.3) is 0 Å². The van der Waals surface area contributed by atoms with Crippen LogP contribution < -0.4 is 10.2 Å². The van der Waals surface area contributed by atoms with Gasteiger partial charge in [0.2, 0.25) is 0 Å². The quantitative estimate of drug-likeness (QED) is 0.649. The van der Waals surface area contributed by atoms with Gasteiger partial charge in [-0.1, -0.05) is 17.3 Å². The molecule has 5 rings (SSSR count). The molecule has 8 heteroatoms. The van der Waals surface area contributed by atoms with Gasteiger partial charge in [-0.3, -0.25) is 9.69 Å². The molecular formula is C24H24F2N4O2. The first kappa shape index (κ1) is 20.6. The molecule has 3 heterocycles. The maximum absolute atomic E-state index is 14.0. The van der Waals surface area contributed by atoms with Crippen molar-refractivity contribution in [2.75, 3.05) is 29.9 Å². The molecule has 1 aromatic heterocycles. The molecule has 32 heavy (non-hydrogen) atoms. The smallest absolute Gasteiger partial charge is 0.277 e. The van der Waals surface area contributed by atoms with Crippen LogP contribution in [0.5, 0.6) is 0 Å². The van der Waals surface area contributed by atoms with E-state index >= 15 is 0 Å². The van der Waals surface area contributed by atoms with Crippen molar-refractivity contribution in [1.29, 1.82) is 0 Å². The summed E-state index contributed by atoms with van der Waals surface area (Å²) in [5.74, 6) is -1.26. The van der Waals surface area contributed by atoms with Crippen LogP contribution >= 0.6 is 0 Å². The second-order valence-electron chi connectivity index (χ2n) is 8.45. The first-order chi connectivity index (χ1) is 15.5. The zero-order chi connectivity index (χ0) is 22.2. The SMILES string of the molecule is Cc1cc(C(=O)Nc2ccc3c(c2)CCN3C2CCN(Cc3cccc(F)c3F)C2)no1. The number of nitrogens with zero attached hydrogens (tertiary/aromatic N) is 3. The van der Waals surface area contributed by atoms with Gasteiger partial charge in [-0.25, -0.2) is 8.78 Å². The molecule has 0 spiro atoms. The summed E-state index contributed by atoms with van der Waals surface area (Å²) >= 11 is 0. The summed E-state index contributed by atoms with van der Waals surface area (Å²) in [6, 6.07) is 12.2. The fourth-order valence-electron chi connectivity index (χ4n) is 4.67. The number of carbonyl (C=O) groups is 1. The lowest BCUT2D eigenvalue weighted by Crippen LogP contribution is -2.36. The molecule has 1 unspecified atom stereocenters. The van der Waals surface area contributed by atoms with E-state index in [4.69, 9.17) is 4.52 Å². The maximum atomic E-state index is 14.0. The van der Waals surface area contributed by atoms with E-state index in [2.05, 4.69) is 20.3 Å². The third kappa shape index (κ3) is 3.98. The maximum Gasteiger partial charge on any atom is 0.277 e. The molecule has 2 aliphatic heterocycles. The van der Waals surface area contributed by atoms with E-state index in [9.17, 15) is 13.6 Å². The Balaban J connectivity index is 1.24. The molecule has 1 amide bonds. The van der Waals surface area contributed by atoms with Crippen molar-refractivity contribution >= 4 is 17.3 Å². The van der Waals surface area contributed by atoms with E-state index in [-0.39, 0.29) is 11.6 Å². The summed E-state index contributed by atoms with van der Waals surface area (Å²) in [7, 11) is 0. The average molecular weight is 438 g/mol. The third-order valence-corrected chi connectivity index (χ3v) is 6.24. The number of carbonyl (C=O) groups excluding carboxylic acids is 1. The van der Waals surface area contributed by atoms with Crippen LogP contribution in [0, 0.1) is 18.6 Å². The molecule has 3 aromatic rings. The Labute approximate surface area is 184 Å². The van der Waals surface area contributed by atoms with Crippen LogP contribution in [0.2, 0.25) is 0 Å². The van der Waals surface area contributed by atoms with Crippen LogP contribution in [0.4, 0.5) is 20.2 Å². The number of anilines is 2. The molecule has 1 atom stereocenters. The summed E-state index contributed by atoms with van der Waals surface area (Å²) in [4.78, 5) is 16.9. The van der Waals surface area contributed by atoms with Crippen molar-refractivity contribution < 1.29 is 18.1 Å². The number of amides is 1. The van der Waals surface area contributed by atoms with Gasteiger partial charge in [0.25, 0.3) is 5.91 Å². The molecule has 2 aliphatic rings. The van der Waals surface area contributed by atoms with Crippen molar-refractivity contribution in [3.05, 3.63) is 76.7 Å². The van der Waals surface area contributed by atoms with Crippen molar-refractivity contribution in [2.24, 2.45) is 0 Å². The van der Waals surface area contributed by atoms with Gasteiger partial charge in [0.1, 0.15) is 5.76 Å². The fourth-order valence-corrected chi connectivity index (χ4v) is 4.67. The zero-order valence-corrected chi connectivity index (χ0v) is 17.8. The number of benzene rings is 2. The van der Waals surface area contributed by atoms with Gasteiger partial charge in [0.05, 0.1) is 0 Å². The Hall–Kier alpha value is -3.26. The number of fused-ring (bicyclic) bond motifs is 1. The molecule has 1 fully saturated rings. The standard InChI is InChI=1S/C24H24F2N4O2/c1-15-11-21(28-32-15)24(31)27-18-5-6-22-16(12-18)7-10-30(22)19-8-9-29(14-19)13-17-3-2-4-20(25)23(17)26/h2-6,11-12,19H,7-10,13-14H2,1H3,(H,27,31). The van der Waals surface area contributed by atoms with Crippen molar-refractivity contribution in [3.8, 4) is 0 Å². The van der Waals surface area contributed by atoms with E-state index < -0.39 is 11.6 Å². The first-order valence-corrected chi connectivity index (χ1v) is 10.8. The molecular weight excluding hydrogens is 414 g/mol. The number of aromatic nitrogens is 1. The van der Waals surface area contributed by atoms with Gasteiger partial charge in [-0.15, -0.1) is 0 Å². The van der Waals surface area contributed by atoms with Crippen LogP contribution in [0.1, 0.15) is 33.8 Å².